The summed E-state index contributed by atoms with van der Waals surface area (Å²) < 4.78 is 25.1. The smallest absolute Gasteiger partial charge is 0.336 e. The Morgan fingerprint density at radius 2 is 2.04 bits per heavy atom. The van der Waals surface area contributed by atoms with Gasteiger partial charge in [-0.05, 0) is 30.7 Å². The van der Waals surface area contributed by atoms with Crippen molar-refractivity contribution in [2.45, 2.75) is 20.0 Å². The number of fused-ring (bicyclic) bond motifs is 3. The molecule has 0 radical (unpaired) electrons. The van der Waals surface area contributed by atoms with Gasteiger partial charge in [0.1, 0.15) is 23.9 Å². The van der Waals surface area contributed by atoms with Crippen molar-refractivity contribution >= 4 is 11.0 Å². The van der Waals surface area contributed by atoms with Crippen LogP contribution in [0.15, 0.2) is 51.7 Å². The average molecular weight is 325 g/mol. The molecule has 5 heteroatoms. The minimum absolute atomic E-state index is 0.233. The zero-order chi connectivity index (χ0) is 16.7. The molecule has 0 spiro atoms. The molecule has 0 unspecified atom stereocenters. The highest BCUT2D eigenvalue weighted by molar-refractivity contribution is 5.85. The van der Waals surface area contributed by atoms with E-state index < -0.39 is 0 Å². The van der Waals surface area contributed by atoms with E-state index >= 15 is 0 Å². The molecule has 0 atom stereocenters. The van der Waals surface area contributed by atoms with Gasteiger partial charge in [-0.15, -0.1) is 0 Å². The molecule has 1 aliphatic heterocycles. The van der Waals surface area contributed by atoms with Crippen LogP contribution in [-0.2, 0) is 13.1 Å². The first-order valence-corrected chi connectivity index (χ1v) is 7.77. The molecular weight excluding hydrogens is 309 g/mol. The van der Waals surface area contributed by atoms with Crippen molar-refractivity contribution in [1.82, 2.24) is 4.90 Å². The first-order chi connectivity index (χ1) is 11.6. The summed E-state index contributed by atoms with van der Waals surface area (Å²) in [6.07, 6.45) is 0. The number of hydrogen-bond acceptors (Lipinski definition) is 4. The quantitative estimate of drug-likeness (QED) is 0.675. The lowest BCUT2D eigenvalue weighted by Gasteiger charge is -2.29. The van der Waals surface area contributed by atoms with Crippen molar-refractivity contribution in [1.29, 1.82) is 0 Å². The molecule has 1 aliphatic rings. The van der Waals surface area contributed by atoms with Gasteiger partial charge >= 0.3 is 5.63 Å². The number of nitrogens with zero attached hydrogens (tertiary/aromatic N) is 1. The van der Waals surface area contributed by atoms with E-state index in [4.69, 9.17) is 9.15 Å². The maximum absolute atomic E-state index is 13.9. The number of rotatable bonds is 2. The van der Waals surface area contributed by atoms with E-state index in [0.717, 1.165) is 16.5 Å². The van der Waals surface area contributed by atoms with E-state index in [2.05, 4.69) is 0 Å². The molecule has 2 aromatic carbocycles. The lowest BCUT2D eigenvalue weighted by molar-refractivity contribution is 0.0879. The second kappa shape index (κ2) is 5.76. The molecule has 0 saturated carbocycles. The zero-order valence-corrected chi connectivity index (χ0v) is 13.2. The fraction of sp³-hybridized carbons (Fsp3) is 0.211. The topological polar surface area (TPSA) is 42.7 Å². The predicted octanol–water partition coefficient (Wildman–Crippen LogP) is 3.59. The Morgan fingerprint density at radius 1 is 1.21 bits per heavy atom. The molecule has 24 heavy (non-hydrogen) atoms. The van der Waals surface area contributed by atoms with Crippen LogP contribution in [0.1, 0.15) is 16.7 Å². The van der Waals surface area contributed by atoms with E-state index in [1.165, 1.54) is 12.1 Å². The first-order valence-electron chi connectivity index (χ1n) is 7.77. The van der Waals surface area contributed by atoms with Gasteiger partial charge in [0.2, 0.25) is 0 Å². The maximum atomic E-state index is 13.9. The van der Waals surface area contributed by atoms with Crippen molar-refractivity contribution in [2.75, 3.05) is 6.73 Å². The normalized spacial score (nSPS) is 14.4. The highest BCUT2D eigenvalue weighted by atomic mass is 19.1. The third-order valence-electron chi connectivity index (χ3n) is 4.32. The van der Waals surface area contributed by atoms with Gasteiger partial charge in [-0.2, -0.15) is 0 Å². The SMILES string of the molecule is Cc1cc(=O)oc2c3c(ccc12)OCN(Cc1ccccc1F)C3. The Bertz CT molecular complexity index is 980. The fourth-order valence-electron chi connectivity index (χ4n) is 3.11. The minimum atomic E-state index is -0.375. The minimum Gasteiger partial charge on any atom is -0.478 e. The molecule has 0 N–H and O–H groups in total. The Morgan fingerprint density at radius 3 is 2.88 bits per heavy atom. The molecule has 0 aliphatic carbocycles. The summed E-state index contributed by atoms with van der Waals surface area (Å²) in [5.74, 6) is 0.477. The Kier molecular flexibility index (Phi) is 3.58. The molecule has 0 bridgehead atoms. The van der Waals surface area contributed by atoms with Gasteiger partial charge in [0.25, 0.3) is 0 Å². The second-order valence-corrected chi connectivity index (χ2v) is 6.02. The highest BCUT2D eigenvalue weighted by Crippen LogP contribution is 2.33. The van der Waals surface area contributed by atoms with Gasteiger partial charge in [-0.3, -0.25) is 4.90 Å². The third kappa shape index (κ3) is 2.57. The van der Waals surface area contributed by atoms with Crippen LogP contribution in [0.4, 0.5) is 4.39 Å². The zero-order valence-electron chi connectivity index (χ0n) is 13.2. The standard InChI is InChI=1S/C19H16FNO3/c1-12-8-18(22)24-19-14(12)6-7-17-15(19)10-21(11-23-17)9-13-4-2-3-5-16(13)20/h2-8H,9-11H2,1H3. The van der Waals surface area contributed by atoms with Gasteiger partial charge in [0.15, 0.2) is 0 Å². The maximum Gasteiger partial charge on any atom is 0.336 e. The molecule has 1 aromatic heterocycles. The molecule has 0 fully saturated rings. The number of halogens is 1. The van der Waals surface area contributed by atoms with Crippen molar-refractivity contribution in [3.63, 3.8) is 0 Å². The second-order valence-electron chi connectivity index (χ2n) is 6.02. The molecule has 122 valence electrons. The number of ether oxygens (including phenoxy) is 1. The Balaban J connectivity index is 1.72. The van der Waals surface area contributed by atoms with E-state index in [-0.39, 0.29) is 11.4 Å². The van der Waals surface area contributed by atoms with Gasteiger partial charge in [-0.1, -0.05) is 18.2 Å². The summed E-state index contributed by atoms with van der Waals surface area (Å²) >= 11 is 0. The summed E-state index contributed by atoms with van der Waals surface area (Å²) in [7, 11) is 0. The Labute approximate surface area is 138 Å². The summed E-state index contributed by atoms with van der Waals surface area (Å²) in [4.78, 5) is 13.7. The van der Waals surface area contributed by atoms with Crippen molar-refractivity contribution < 1.29 is 13.5 Å². The molecule has 0 amide bonds. The average Bonchev–Trinajstić information content (AvgIpc) is 2.57. The molecule has 2 heterocycles. The molecule has 0 saturated heterocycles. The summed E-state index contributed by atoms with van der Waals surface area (Å²) in [6.45, 7) is 3.21. The molecule has 3 aromatic rings. The van der Waals surface area contributed by atoms with Crippen LogP contribution in [0, 0.1) is 12.7 Å². The number of aryl methyl sites for hydroxylation is 1. The van der Waals surface area contributed by atoms with Gasteiger partial charge < -0.3 is 9.15 Å². The predicted molar refractivity (Wildman–Crippen MR) is 88.4 cm³/mol. The molecular formula is C19H16FNO3. The lowest BCUT2D eigenvalue weighted by Crippen LogP contribution is -2.32. The van der Waals surface area contributed by atoms with Crippen LogP contribution in [0.3, 0.4) is 0 Å². The van der Waals surface area contributed by atoms with Crippen LogP contribution in [0.25, 0.3) is 11.0 Å². The summed E-state index contributed by atoms with van der Waals surface area (Å²) in [6, 6.07) is 12.0. The van der Waals surface area contributed by atoms with Crippen LogP contribution in [0.2, 0.25) is 0 Å². The van der Waals surface area contributed by atoms with E-state index in [1.54, 1.807) is 12.1 Å². The van der Waals surface area contributed by atoms with Crippen LogP contribution >= 0.6 is 0 Å². The third-order valence-corrected chi connectivity index (χ3v) is 4.32. The van der Waals surface area contributed by atoms with Crippen LogP contribution in [0.5, 0.6) is 5.75 Å². The van der Waals surface area contributed by atoms with Crippen molar-refractivity contribution in [3.05, 3.63) is 75.4 Å². The highest BCUT2D eigenvalue weighted by Gasteiger charge is 2.22. The van der Waals surface area contributed by atoms with Gasteiger partial charge in [-0.25, -0.2) is 9.18 Å². The largest absolute Gasteiger partial charge is 0.478 e. The molecule has 4 rings (SSSR count). The van der Waals surface area contributed by atoms with Crippen molar-refractivity contribution in [3.8, 4) is 5.75 Å². The van der Waals surface area contributed by atoms with E-state index in [0.29, 0.717) is 36.7 Å². The summed E-state index contributed by atoms with van der Waals surface area (Å²) in [5.41, 5.74) is 2.49. The number of benzene rings is 2. The first kappa shape index (κ1) is 14.9. The Hall–Kier alpha value is -2.66. The monoisotopic (exact) mass is 325 g/mol. The lowest BCUT2D eigenvalue weighted by atomic mass is 10.0. The van der Waals surface area contributed by atoms with Gasteiger partial charge in [0, 0.05) is 30.1 Å². The fourth-order valence-corrected chi connectivity index (χ4v) is 3.11. The summed E-state index contributed by atoms with van der Waals surface area (Å²) in [5, 5.41) is 0.893. The van der Waals surface area contributed by atoms with E-state index in [9.17, 15) is 9.18 Å². The van der Waals surface area contributed by atoms with Gasteiger partial charge in [0.05, 0.1) is 5.56 Å². The van der Waals surface area contributed by atoms with E-state index in [1.807, 2.05) is 30.0 Å². The van der Waals surface area contributed by atoms with Crippen LogP contribution in [-0.4, -0.2) is 11.6 Å². The van der Waals surface area contributed by atoms with Crippen molar-refractivity contribution in [2.24, 2.45) is 0 Å². The molecule has 4 nitrogen and oxygen atoms in total. The number of hydrogen-bond donors (Lipinski definition) is 0. The van der Waals surface area contributed by atoms with Crippen LogP contribution < -0.4 is 10.4 Å².